The van der Waals surface area contributed by atoms with Crippen molar-refractivity contribution in [3.05, 3.63) is 0 Å². The average Bonchev–Trinajstić information content (AvgIpc) is 2.40. The summed E-state index contributed by atoms with van der Waals surface area (Å²) in [5.41, 5.74) is -0.259. The van der Waals surface area contributed by atoms with Crippen LogP contribution in [0.1, 0.15) is 47.5 Å². The minimum atomic E-state index is -0.417. The molecule has 0 aromatic heterocycles. The van der Waals surface area contributed by atoms with Crippen LogP contribution in [0.5, 0.6) is 0 Å². The second-order valence-corrected chi connectivity index (χ2v) is 8.00. The van der Waals surface area contributed by atoms with E-state index in [2.05, 4.69) is 25.4 Å². The number of hydrogen-bond donors (Lipinski definition) is 1. The Balaban J connectivity index is 2.99. The van der Waals surface area contributed by atoms with Gasteiger partial charge in [0.2, 0.25) is 11.8 Å². The summed E-state index contributed by atoms with van der Waals surface area (Å²) in [6.45, 7) is 10.8. The number of hydrogen-bond acceptors (Lipinski definition) is 3. The van der Waals surface area contributed by atoms with Crippen molar-refractivity contribution in [2.75, 3.05) is 18.6 Å². The van der Waals surface area contributed by atoms with Crippen LogP contribution < -0.4 is 5.32 Å². The molecule has 5 heteroatoms. The Kier molecular flexibility index (Phi) is 6.57. The number of carbonyl (C=O) groups is 2. The van der Waals surface area contributed by atoms with E-state index in [1.807, 2.05) is 25.7 Å². The summed E-state index contributed by atoms with van der Waals surface area (Å²) in [6.07, 6.45) is 3.89. The third-order valence-electron chi connectivity index (χ3n) is 4.22. The molecule has 1 saturated heterocycles. The first-order valence-corrected chi connectivity index (χ1v) is 9.23. The van der Waals surface area contributed by atoms with Gasteiger partial charge in [0, 0.05) is 6.54 Å². The third kappa shape index (κ3) is 4.38. The lowest BCUT2D eigenvalue weighted by molar-refractivity contribution is -0.154. The van der Waals surface area contributed by atoms with Crippen molar-refractivity contribution in [2.45, 2.75) is 59.5 Å². The molecule has 2 amide bonds. The first-order chi connectivity index (χ1) is 9.73. The van der Waals surface area contributed by atoms with Crippen LogP contribution in [0.25, 0.3) is 0 Å². The van der Waals surface area contributed by atoms with Crippen LogP contribution in [-0.2, 0) is 9.59 Å². The number of amides is 2. The Morgan fingerprint density at radius 1 is 1.33 bits per heavy atom. The summed E-state index contributed by atoms with van der Waals surface area (Å²) >= 11 is 1.78. The predicted molar refractivity (Wildman–Crippen MR) is 89.3 cm³/mol. The van der Waals surface area contributed by atoms with E-state index in [0.717, 1.165) is 18.6 Å². The zero-order valence-electron chi connectivity index (χ0n) is 14.2. The van der Waals surface area contributed by atoms with Crippen LogP contribution in [0.3, 0.4) is 0 Å². The Labute approximate surface area is 133 Å². The summed E-state index contributed by atoms with van der Waals surface area (Å²) in [4.78, 5) is 27.2. The zero-order chi connectivity index (χ0) is 16.2. The third-order valence-corrected chi connectivity index (χ3v) is 4.91. The number of carbonyl (C=O) groups excluding carboxylic acids is 2. The largest absolute Gasteiger partial charge is 0.342 e. The fraction of sp³-hybridized carbons (Fsp3) is 0.875. The monoisotopic (exact) mass is 314 g/mol. The topological polar surface area (TPSA) is 49.4 Å². The Morgan fingerprint density at radius 3 is 2.43 bits per heavy atom. The highest BCUT2D eigenvalue weighted by molar-refractivity contribution is 7.98. The van der Waals surface area contributed by atoms with Gasteiger partial charge < -0.3 is 10.2 Å². The van der Waals surface area contributed by atoms with E-state index in [9.17, 15) is 9.59 Å². The molecule has 1 rings (SSSR count). The Bertz CT molecular complexity index is 379. The summed E-state index contributed by atoms with van der Waals surface area (Å²) in [5, 5.41) is 2.96. The van der Waals surface area contributed by atoms with Gasteiger partial charge >= 0.3 is 0 Å². The van der Waals surface area contributed by atoms with Gasteiger partial charge in [-0.2, -0.15) is 11.8 Å². The first kappa shape index (κ1) is 18.3. The molecule has 0 aromatic rings. The van der Waals surface area contributed by atoms with Gasteiger partial charge in [-0.3, -0.25) is 9.59 Å². The van der Waals surface area contributed by atoms with Gasteiger partial charge in [0.25, 0.3) is 0 Å². The fourth-order valence-electron chi connectivity index (χ4n) is 2.74. The van der Waals surface area contributed by atoms with Gasteiger partial charge in [0.1, 0.15) is 12.1 Å². The first-order valence-electron chi connectivity index (χ1n) is 7.83. The van der Waals surface area contributed by atoms with Gasteiger partial charge in [-0.05, 0) is 29.8 Å². The molecule has 0 bridgehead atoms. The molecule has 0 radical (unpaired) electrons. The molecule has 122 valence electrons. The van der Waals surface area contributed by atoms with Gasteiger partial charge in [0.15, 0.2) is 0 Å². The van der Waals surface area contributed by atoms with E-state index >= 15 is 0 Å². The van der Waals surface area contributed by atoms with E-state index < -0.39 is 6.04 Å². The van der Waals surface area contributed by atoms with E-state index in [4.69, 9.17) is 0 Å². The van der Waals surface area contributed by atoms with Gasteiger partial charge in [-0.15, -0.1) is 0 Å². The van der Waals surface area contributed by atoms with Crippen molar-refractivity contribution in [3.8, 4) is 0 Å². The minimum absolute atomic E-state index is 0.00743. The molecule has 1 N–H and O–H groups in total. The van der Waals surface area contributed by atoms with Crippen LogP contribution >= 0.6 is 11.8 Å². The molecule has 21 heavy (non-hydrogen) atoms. The standard InChI is InChI=1S/C16H30N2O2S/c1-7-11(2)12-14(19)17-13(16(3,4)5)15(20)18(12)9-8-10-21-6/h11-13H,7-10H2,1-6H3,(H,17,19). The molecular formula is C16H30N2O2S. The lowest BCUT2D eigenvalue weighted by Gasteiger charge is -2.45. The van der Waals surface area contributed by atoms with Crippen molar-refractivity contribution in [1.82, 2.24) is 10.2 Å². The zero-order valence-corrected chi connectivity index (χ0v) is 15.0. The number of rotatable bonds is 6. The average molecular weight is 314 g/mol. The molecule has 0 saturated carbocycles. The van der Waals surface area contributed by atoms with Gasteiger partial charge in [-0.25, -0.2) is 0 Å². The number of nitrogens with one attached hydrogen (secondary N) is 1. The SMILES string of the molecule is CCC(C)C1C(=O)NC(C(C)(C)C)C(=O)N1CCCSC. The normalized spacial score (nSPS) is 25.0. The molecule has 1 aliphatic heterocycles. The smallest absolute Gasteiger partial charge is 0.246 e. The Morgan fingerprint density at radius 2 is 1.95 bits per heavy atom. The number of piperazine rings is 1. The fourth-order valence-corrected chi connectivity index (χ4v) is 3.16. The molecular weight excluding hydrogens is 284 g/mol. The van der Waals surface area contributed by atoms with Crippen molar-refractivity contribution < 1.29 is 9.59 Å². The quantitative estimate of drug-likeness (QED) is 0.767. The lowest BCUT2D eigenvalue weighted by Crippen LogP contribution is -2.68. The summed E-state index contributed by atoms with van der Waals surface area (Å²) < 4.78 is 0. The molecule has 3 atom stereocenters. The second kappa shape index (κ2) is 7.52. The maximum Gasteiger partial charge on any atom is 0.246 e. The highest BCUT2D eigenvalue weighted by Crippen LogP contribution is 2.28. The molecule has 0 spiro atoms. The summed E-state index contributed by atoms with van der Waals surface area (Å²) in [5.74, 6) is 1.28. The van der Waals surface area contributed by atoms with Gasteiger partial charge in [-0.1, -0.05) is 41.0 Å². The van der Waals surface area contributed by atoms with Crippen LogP contribution in [0.2, 0.25) is 0 Å². The van der Waals surface area contributed by atoms with E-state index in [1.54, 1.807) is 11.8 Å². The highest BCUT2D eigenvalue weighted by atomic mass is 32.2. The minimum Gasteiger partial charge on any atom is -0.342 e. The van der Waals surface area contributed by atoms with Crippen LogP contribution in [0, 0.1) is 11.3 Å². The van der Waals surface area contributed by atoms with Crippen LogP contribution in [0.15, 0.2) is 0 Å². The molecule has 4 nitrogen and oxygen atoms in total. The molecule has 3 unspecified atom stereocenters. The highest BCUT2D eigenvalue weighted by Gasteiger charge is 2.46. The molecule has 1 heterocycles. The lowest BCUT2D eigenvalue weighted by atomic mass is 9.82. The van der Waals surface area contributed by atoms with Gasteiger partial charge in [0.05, 0.1) is 0 Å². The molecule has 1 aliphatic rings. The summed E-state index contributed by atoms with van der Waals surface area (Å²) in [7, 11) is 0. The van der Waals surface area contributed by atoms with Crippen LogP contribution in [0.4, 0.5) is 0 Å². The molecule has 0 aromatic carbocycles. The molecule has 0 aliphatic carbocycles. The predicted octanol–water partition coefficient (Wildman–Crippen LogP) is 2.53. The number of nitrogens with zero attached hydrogens (tertiary/aromatic N) is 1. The van der Waals surface area contributed by atoms with Crippen LogP contribution in [-0.4, -0.2) is 47.4 Å². The second-order valence-electron chi connectivity index (χ2n) is 7.02. The maximum atomic E-state index is 12.8. The van der Waals surface area contributed by atoms with Crippen molar-refractivity contribution in [1.29, 1.82) is 0 Å². The van der Waals surface area contributed by atoms with Crippen molar-refractivity contribution >= 4 is 23.6 Å². The maximum absolute atomic E-state index is 12.8. The van der Waals surface area contributed by atoms with E-state index in [0.29, 0.717) is 6.54 Å². The molecule has 1 fully saturated rings. The summed E-state index contributed by atoms with van der Waals surface area (Å²) in [6, 6.07) is -0.734. The van der Waals surface area contributed by atoms with E-state index in [-0.39, 0.29) is 29.2 Å². The van der Waals surface area contributed by atoms with E-state index in [1.165, 1.54) is 0 Å². The van der Waals surface area contributed by atoms with Crippen molar-refractivity contribution in [3.63, 3.8) is 0 Å². The number of thioether (sulfide) groups is 1. The Hall–Kier alpha value is -0.710. The van der Waals surface area contributed by atoms with Crippen molar-refractivity contribution in [2.24, 2.45) is 11.3 Å².